The summed E-state index contributed by atoms with van der Waals surface area (Å²) in [6.07, 6.45) is 3.23. The van der Waals surface area contributed by atoms with E-state index in [-0.39, 0.29) is 0 Å². The van der Waals surface area contributed by atoms with Crippen LogP contribution in [-0.2, 0) is 0 Å². The predicted octanol–water partition coefficient (Wildman–Crippen LogP) is 3.84. The lowest BCUT2D eigenvalue weighted by molar-refractivity contribution is 1.15. The van der Waals surface area contributed by atoms with Crippen LogP contribution in [0.15, 0.2) is 47.3 Å². The minimum Gasteiger partial charge on any atom is -0.339 e. The summed E-state index contributed by atoms with van der Waals surface area (Å²) < 4.78 is 0.827. The normalized spacial score (nSPS) is 10.6. The zero-order valence-corrected chi connectivity index (χ0v) is 11.8. The summed E-state index contributed by atoms with van der Waals surface area (Å²) in [7, 11) is 0. The monoisotopic (exact) mass is 314 g/mol. The third-order valence-electron chi connectivity index (χ3n) is 2.76. The summed E-state index contributed by atoms with van der Waals surface area (Å²) >= 11 is 3.43. The van der Waals surface area contributed by atoms with Gasteiger partial charge in [-0.1, -0.05) is 18.2 Å². The topological polar surface area (TPSA) is 50.7 Å². The van der Waals surface area contributed by atoms with Gasteiger partial charge in [0.15, 0.2) is 0 Å². The Kier molecular flexibility index (Phi) is 3.13. The van der Waals surface area contributed by atoms with Gasteiger partial charge in [0.25, 0.3) is 0 Å². The third kappa shape index (κ3) is 2.42. The first-order chi connectivity index (χ1) is 9.24. The average molecular weight is 315 g/mol. The van der Waals surface area contributed by atoms with Gasteiger partial charge in [-0.15, -0.1) is 0 Å². The summed E-state index contributed by atoms with van der Waals surface area (Å²) in [6, 6.07) is 10.0. The first kappa shape index (κ1) is 12.0. The molecule has 5 heteroatoms. The molecule has 3 rings (SSSR count). The molecule has 1 aromatic carbocycles. The van der Waals surface area contributed by atoms with E-state index in [1.807, 2.05) is 37.3 Å². The molecule has 2 heterocycles. The van der Waals surface area contributed by atoms with E-state index in [2.05, 4.69) is 36.2 Å². The van der Waals surface area contributed by atoms with Gasteiger partial charge >= 0.3 is 0 Å². The SMILES string of the molecule is Cc1cc(Nc2ncncc2Br)c2ccccc2n1. The van der Waals surface area contributed by atoms with E-state index in [1.54, 1.807) is 6.20 Å². The second-order valence-electron chi connectivity index (χ2n) is 4.17. The van der Waals surface area contributed by atoms with Crippen LogP contribution >= 0.6 is 15.9 Å². The van der Waals surface area contributed by atoms with Crippen LogP contribution in [0.1, 0.15) is 5.69 Å². The standard InChI is InChI=1S/C14H11BrN4/c1-9-6-13(10-4-2-3-5-12(10)18-9)19-14-11(15)7-16-8-17-14/h2-8H,1H3,(H,16,17,18,19). The molecule has 0 spiro atoms. The van der Waals surface area contributed by atoms with Gasteiger partial charge in [-0.25, -0.2) is 9.97 Å². The molecule has 3 aromatic rings. The zero-order valence-electron chi connectivity index (χ0n) is 10.3. The van der Waals surface area contributed by atoms with Crippen LogP contribution in [0.25, 0.3) is 10.9 Å². The van der Waals surface area contributed by atoms with Crippen LogP contribution < -0.4 is 5.32 Å². The molecule has 1 N–H and O–H groups in total. The fourth-order valence-corrected chi connectivity index (χ4v) is 2.26. The van der Waals surface area contributed by atoms with Gasteiger partial charge in [-0.05, 0) is 35.0 Å². The Balaban J connectivity index is 2.13. The molecule has 94 valence electrons. The molecule has 0 saturated heterocycles. The highest BCUT2D eigenvalue weighted by Crippen LogP contribution is 2.28. The summed E-state index contributed by atoms with van der Waals surface area (Å²) in [5, 5.41) is 4.39. The van der Waals surface area contributed by atoms with Crippen molar-refractivity contribution in [2.75, 3.05) is 5.32 Å². The highest BCUT2D eigenvalue weighted by Gasteiger charge is 2.06. The van der Waals surface area contributed by atoms with E-state index < -0.39 is 0 Å². The maximum Gasteiger partial charge on any atom is 0.148 e. The molecular formula is C14H11BrN4. The van der Waals surface area contributed by atoms with Crippen LogP contribution in [0, 0.1) is 6.92 Å². The quantitative estimate of drug-likeness (QED) is 0.780. The Hall–Kier alpha value is -2.01. The van der Waals surface area contributed by atoms with Crippen molar-refractivity contribution >= 4 is 38.3 Å². The number of nitrogens with zero attached hydrogens (tertiary/aromatic N) is 3. The number of aromatic nitrogens is 3. The Morgan fingerprint density at radius 1 is 1.21 bits per heavy atom. The van der Waals surface area contributed by atoms with Gasteiger partial charge in [0.1, 0.15) is 12.1 Å². The number of benzene rings is 1. The Morgan fingerprint density at radius 3 is 2.89 bits per heavy atom. The van der Waals surface area contributed by atoms with Gasteiger partial charge in [-0.2, -0.15) is 0 Å². The van der Waals surface area contributed by atoms with Crippen molar-refractivity contribution < 1.29 is 0 Å². The van der Waals surface area contributed by atoms with E-state index in [1.165, 1.54) is 6.33 Å². The Bertz CT molecular complexity index is 742. The maximum absolute atomic E-state index is 4.52. The summed E-state index contributed by atoms with van der Waals surface area (Å²) in [6.45, 7) is 1.98. The molecule has 4 nitrogen and oxygen atoms in total. The van der Waals surface area contributed by atoms with E-state index in [0.29, 0.717) is 0 Å². The van der Waals surface area contributed by atoms with Crippen molar-refractivity contribution in [2.45, 2.75) is 6.92 Å². The maximum atomic E-state index is 4.52. The lowest BCUT2D eigenvalue weighted by Gasteiger charge is -2.10. The molecule has 2 aromatic heterocycles. The smallest absolute Gasteiger partial charge is 0.148 e. The number of nitrogens with one attached hydrogen (secondary N) is 1. The lowest BCUT2D eigenvalue weighted by Crippen LogP contribution is -1.97. The second-order valence-corrected chi connectivity index (χ2v) is 5.03. The number of hydrogen-bond acceptors (Lipinski definition) is 4. The van der Waals surface area contributed by atoms with Crippen molar-refractivity contribution in [1.82, 2.24) is 15.0 Å². The van der Waals surface area contributed by atoms with Crippen molar-refractivity contribution in [3.63, 3.8) is 0 Å². The summed E-state index contributed by atoms with van der Waals surface area (Å²) in [5.41, 5.74) is 2.92. The number of anilines is 2. The average Bonchev–Trinajstić information content (AvgIpc) is 2.41. The van der Waals surface area contributed by atoms with Crippen LogP contribution in [0.5, 0.6) is 0 Å². The van der Waals surface area contributed by atoms with Crippen molar-refractivity contribution in [3.8, 4) is 0 Å². The molecule has 0 radical (unpaired) electrons. The van der Waals surface area contributed by atoms with Crippen molar-refractivity contribution in [2.24, 2.45) is 0 Å². The fraction of sp³-hybridized carbons (Fsp3) is 0.0714. The predicted molar refractivity (Wildman–Crippen MR) is 79.5 cm³/mol. The van der Waals surface area contributed by atoms with Gasteiger partial charge in [0, 0.05) is 17.3 Å². The van der Waals surface area contributed by atoms with Gasteiger partial charge in [0.2, 0.25) is 0 Å². The number of hydrogen-bond donors (Lipinski definition) is 1. The van der Waals surface area contributed by atoms with Gasteiger partial charge in [-0.3, -0.25) is 4.98 Å². The van der Waals surface area contributed by atoms with E-state index >= 15 is 0 Å². The molecule has 0 aliphatic rings. The first-order valence-electron chi connectivity index (χ1n) is 5.83. The third-order valence-corrected chi connectivity index (χ3v) is 3.35. The highest BCUT2D eigenvalue weighted by molar-refractivity contribution is 9.10. The number of rotatable bonds is 2. The van der Waals surface area contributed by atoms with Gasteiger partial charge in [0.05, 0.1) is 15.7 Å². The molecule has 19 heavy (non-hydrogen) atoms. The Labute approximate surface area is 119 Å². The number of fused-ring (bicyclic) bond motifs is 1. The number of pyridine rings is 1. The molecule has 0 bridgehead atoms. The molecule has 0 amide bonds. The number of para-hydroxylation sites is 1. The number of halogens is 1. The van der Waals surface area contributed by atoms with Crippen LogP contribution in [0.2, 0.25) is 0 Å². The zero-order chi connectivity index (χ0) is 13.2. The number of aryl methyl sites for hydroxylation is 1. The summed E-state index contributed by atoms with van der Waals surface area (Å²) in [5.74, 6) is 0.741. The highest BCUT2D eigenvalue weighted by atomic mass is 79.9. The molecule has 0 unspecified atom stereocenters. The molecule has 0 aliphatic carbocycles. The molecule has 0 atom stereocenters. The van der Waals surface area contributed by atoms with E-state index in [9.17, 15) is 0 Å². The van der Waals surface area contributed by atoms with Gasteiger partial charge < -0.3 is 5.32 Å². The fourth-order valence-electron chi connectivity index (χ4n) is 1.94. The van der Waals surface area contributed by atoms with Crippen LogP contribution in [0.4, 0.5) is 11.5 Å². The molecule has 0 fully saturated rings. The molecule has 0 saturated carbocycles. The summed E-state index contributed by atoms with van der Waals surface area (Å²) in [4.78, 5) is 12.7. The largest absolute Gasteiger partial charge is 0.339 e. The van der Waals surface area contributed by atoms with E-state index in [0.717, 1.165) is 32.6 Å². The van der Waals surface area contributed by atoms with Crippen LogP contribution in [-0.4, -0.2) is 15.0 Å². The minimum atomic E-state index is 0.741. The van der Waals surface area contributed by atoms with Crippen molar-refractivity contribution in [1.29, 1.82) is 0 Å². The van der Waals surface area contributed by atoms with E-state index in [4.69, 9.17) is 0 Å². The lowest BCUT2D eigenvalue weighted by atomic mass is 10.1. The first-order valence-corrected chi connectivity index (χ1v) is 6.62. The molecular weight excluding hydrogens is 304 g/mol. The van der Waals surface area contributed by atoms with Crippen molar-refractivity contribution in [3.05, 3.63) is 53.0 Å². The second kappa shape index (κ2) is 4.93. The minimum absolute atomic E-state index is 0.741. The molecule has 0 aliphatic heterocycles. The Morgan fingerprint density at radius 2 is 2.05 bits per heavy atom. The van der Waals surface area contributed by atoms with Crippen LogP contribution in [0.3, 0.4) is 0 Å².